The summed E-state index contributed by atoms with van der Waals surface area (Å²) in [5.41, 5.74) is 2.90. The Labute approximate surface area is 159 Å². The van der Waals surface area contributed by atoms with Crippen LogP contribution in [0.15, 0.2) is 59.4 Å². The van der Waals surface area contributed by atoms with Crippen LogP contribution in [-0.2, 0) is 4.74 Å². The molecule has 3 aromatic rings. The fourth-order valence-corrected chi connectivity index (χ4v) is 2.94. The van der Waals surface area contributed by atoms with Crippen molar-refractivity contribution in [2.45, 2.75) is 6.92 Å². The van der Waals surface area contributed by atoms with Gasteiger partial charge in [0.2, 0.25) is 5.78 Å². The van der Waals surface area contributed by atoms with E-state index in [1.165, 1.54) is 11.7 Å². The normalized spacial score (nSPS) is 10.5. The van der Waals surface area contributed by atoms with Crippen molar-refractivity contribution in [1.29, 1.82) is 0 Å². The highest BCUT2D eigenvalue weighted by atomic mass is 35.5. The van der Waals surface area contributed by atoms with Crippen LogP contribution in [0.5, 0.6) is 0 Å². The Hall–Kier alpha value is -3.32. The first-order valence-electron chi connectivity index (χ1n) is 7.99. The van der Waals surface area contributed by atoms with Crippen LogP contribution in [0.2, 0.25) is 5.02 Å². The van der Waals surface area contributed by atoms with E-state index >= 15 is 0 Å². The molecule has 1 N–H and O–H groups in total. The Bertz CT molecular complexity index is 1070. The van der Waals surface area contributed by atoms with Gasteiger partial charge in [-0.15, -0.1) is 0 Å². The number of carbonyl (C=O) groups is 2. The van der Waals surface area contributed by atoms with Gasteiger partial charge in [0.1, 0.15) is 5.69 Å². The van der Waals surface area contributed by atoms with E-state index in [-0.39, 0.29) is 5.69 Å². The molecule has 3 rings (SSSR count). The zero-order valence-corrected chi connectivity index (χ0v) is 15.4. The largest absolute Gasteiger partial charge is 0.452 e. The van der Waals surface area contributed by atoms with Gasteiger partial charge in [0, 0.05) is 10.6 Å². The average molecular weight is 386 g/mol. The quantitative estimate of drug-likeness (QED) is 0.699. The lowest BCUT2D eigenvalue weighted by molar-refractivity contribution is 0.103. The molecule has 1 heterocycles. The van der Waals surface area contributed by atoms with Crippen molar-refractivity contribution in [2.75, 3.05) is 12.5 Å². The predicted octanol–water partition coefficient (Wildman–Crippen LogP) is 3.14. The maximum Gasteiger partial charge on any atom is 0.426 e. The molecule has 0 bridgehead atoms. The van der Waals surface area contributed by atoms with Gasteiger partial charge in [-0.3, -0.25) is 9.36 Å². The number of ether oxygens (including phenoxy) is 1. The number of hydrogen-bond acceptors (Lipinski definition) is 4. The molecule has 0 saturated carbocycles. The lowest BCUT2D eigenvalue weighted by atomic mass is 10.1. The molecule has 1 aromatic heterocycles. The zero-order chi connectivity index (χ0) is 19.6. The molecular weight excluding hydrogens is 370 g/mol. The highest BCUT2D eigenvalue weighted by Crippen LogP contribution is 2.19. The van der Waals surface area contributed by atoms with Gasteiger partial charge in [0.15, 0.2) is 0 Å². The summed E-state index contributed by atoms with van der Waals surface area (Å²) in [6, 6.07) is 15.1. The summed E-state index contributed by atoms with van der Waals surface area (Å²) in [6.45, 7) is 1.62. The third-order valence-electron chi connectivity index (χ3n) is 3.99. The molecule has 0 unspecified atom stereocenters. The van der Waals surface area contributed by atoms with E-state index in [9.17, 15) is 14.4 Å². The minimum atomic E-state index is -0.873. The Kier molecular flexibility index (Phi) is 5.14. The molecule has 0 aliphatic carbocycles. The maximum absolute atomic E-state index is 13.0. The molecule has 0 spiro atoms. The van der Waals surface area contributed by atoms with Crippen molar-refractivity contribution in [2.24, 2.45) is 0 Å². The number of carbonyl (C=O) groups excluding carboxylic acids is 2. The molecule has 8 heteroatoms. The van der Waals surface area contributed by atoms with Crippen molar-refractivity contribution < 1.29 is 14.3 Å². The van der Waals surface area contributed by atoms with Crippen LogP contribution in [0.1, 0.15) is 21.7 Å². The van der Waals surface area contributed by atoms with Crippen molar-refractivity contribution in [3.8, 4) is 5.69 Å². The van der Waals surface area contributed by atoms with Gasteiger partial charge in [-0.1, -0.05) is 48.0 Å². The van der Waals surface area contributed by atoms with Crippen LogP contribution in [0, 0.1) is 6.92 Å². The number of methoxy groups -OCH3 is 1. The van der Waals surface area contributed by atoms with Crippen molar-refractivity contribution in [3.63, 3.8) is 0 Å². The average Bonchev–Trinajstić information content (AvgIpc) is 2.91. The summed E-state index contributed by atoms with van der Waals surface area (Å²) in [4.78, 5) is 37.7. The molecule has 27 heavy (non-hydrogen) atoms. The third-order valence-corrected chi connectivity index (χ3v) is 4.23. The number of hydrogen-bond donors (Lipinski definition) is 1. The summed E-state index contributed by atoms with van der Waals surface area (Å²) in [7, 11) is 1.17. The SMILES string of the molecule is COC(=O)Nn1c(C(=O)c2ccccc2)c(C)n(-c2cccc(Cl)c2)c1=O. The van der Waals surface area contributed by atoms with Crippen molar-refractivity contribution in [1.82, 2.24) is 9.24 Å². The number of aromatic nitrogens is 2. The first-order valence-corrected chi connectivity index (χ1v) is 8.37. The Morgan fingerprint density at radius 1 is 1.07 bits per heavy atom. The second kappa shape index (κ2) is 7.51. The van der Waals surface area contributed by atoms with Gasteiger partial charge in [-0.05, 0) is 25.1 Å². The lowest BCUT2D eigenvalue weighted by Crippen LogP contribution is -2.35. The molecule has 138 valence electrons. The smallest absolute Gasteiger partial charge is 0.426 e. The fourth-order valence-electron chi connectivity index (χ4n) is 2.76. The summed E-state index contributed by atoms with van der Waals surface area (Å²) in [5, 5.41) is 0.434. The second-order valence-corrected chi connectivity index (χ2v) is 6.10. The first kappa shape index (κ1) is 18.5. The molecule has 0 atom stereocenters. The number of benzene rings is 2. The third kappa shape index (κ3) is 3.50. The Balaban J connectivity index is 2.25. The highest BCUT2D eigenvalue weighted by molar-refractivity contribution is 6.30. The highest BCUT2D eigenvalue weighted by Gasteiger charge is 2.26. The van der Waals surface area contributed by atoms with E-state index in [4.69, 9.17) is 11.6 Å². The number of nitrogens with one attached hydrogen (secondary N) is 1. The van der Waals surface area contributed by atoms with E-state index in [0.717, 1.165) is 4.68 Å². The number of halogens is 1. The standard InChI is InChI=1S/C19H16ClN3O4/c1-12-16(17(24)13-7-4-3-5-8-13)23(21-18(25)27-2)19(26)22(12)15-10-6-9-14(20)11-15/h3-11H,1-2H3,(H,21,25). The lowest BCUT2D eigenvalue weighted by Gasteiger charge is -2.08. The van der Waals surface area contributed by atoms with E-state index in [0.29, 0.717) is 22.0 Å². The minimum Gasteiger partial charge on any atom is -0.452 e. The zero-order valence-electron chi connectivity index (χ0n) is 14.6. The summed E-state index contributed by atoms with van der Waals surface area (Å²) < 4.78 is 6.76. The van der Waals surface area contributed by atoms with E-state index < -0.39 is 17.6 Å². The maximum atomic E-state index is 13.0. The second-order valence-electron chi connectivity index (χ2n) is 5.67. The van der Waals surface area contributed by atoms with Crippen LogP contribution in [-0.4, -0.2) is 28.2 Å². The van der Waals surface area contributed by atoms with Crippen LogP contribution < -0.4 is 11.1 Å². The first-order chi connectivity index (χ1) is 12.9. The Morgan fingerprint density at radius 2 is 1.78 bits per heavy atom. The molecule has 0 saturated heterocycles. The molecule has 2 aromatic carbocycles. The topological polar surface area (TPSA) is 82.3 Å². The predicted molar refractivity (Wildman–Crippen MR) is 101 cm³/mol. The summed E-state index contributed by atoms with van der Waals surface area (Å²) in [6.07, 6.45) is -0.873. The monoisotopic (exact) mass is 385 g/mol. The number of amides is 1. The minimum absolute atomic E-state index is 0.0246. The molecule has 0 aliphatic rings. The molecule has 0 fully saturated rings. The number of ketones is 1. The van der Waals surface area contributed by atoms with Crippen LogP contribution in [0.3, 0.4) is 0 Å². The molecule has 0 radical (unpaired) electrons. The van der Waals surface area contributed by atoms with Gasteiger partial charge < -0.3 is 4.74 Å². The van der Waals surface area contributed by atoms with Gasteiger partial charge in [0.05, 0.1) is 18.5 Å². The van der Waals surface area contributed by atoms with E-state index in [1.807, 2.05) is 0 Å². The molecule has 1 amide bonds. The van der Waals surface area contributed by atoms with Gasteiger partial charge >= 0.3 is 11.8 Å². The van der Waals surface area contributed by atoms with Crippen LogP contribution >= 0.6 is 11.6 Å². The Morgan fingerprint density at radius 3 is 2.41 bits per heavy atom. The van der Waals surface area contributed by atoms with Crippen molar-refractivity contribution >= 4 is 23.5 Å². The van der Waals surface area contributed by atoms with E-state index in [2.05, 4.69) is 10.2 Å². The van der Waals surface area contributed by atoms with Crippen LogP contribution in [0.25, 0.3) is 5.69 Å². The van der Waals surface area contributed by atoms with Crippen molar-refractivity contribution in [3.05, 3.63) is 87.1 Å². The summed E-state index contributed by atoms with van der Waals surface area (Å²) in [5.74, 6) is -0.414. The molecule has 0 aliphatic heterocycles. The fraction of sp³-hybridized carbons (Fsp3) is 0.105. The number of nitrogens with zero attached hydrogens (tertiary/aromatic N) is 2. The molecule has 7 nitrogen and oxygen atoms in total. The van der Waals surface area contributed by atoms with Gasteiger partial charge in [-0.2, -0.15) is 4.68 Å². The van der Waals surface area contributed by atoms with Crippen LogP contribution in [0.4, 0.5) is 4.79 Å². The van der Waals surface area contributed by atoms with Gasteiger partial charge in [-0.25, -0.2) is 15.0 Å². The van der Waals surface area contributed by atoms with E-state index in [1.54, 1.807) is 61.5 Å². The number of imidazole rings is 1. The van der Waals surface area contributed by atoms with Gasteiger partial charge in [0.25, 0.3) is 0 Å². The number of rotatable bonds is 4. The molecular formula is C19H16ClN3O4. The summed E-state index contributed by atoms with van der Waals surface area (Å²) >= 11 is 6.03.